The first-order chi connectivity index (χ1) is 9.51. The second-order valence-electron chi connectivity index (χ2n) is 4.78. The van der Waals surface area contributed by atoms with Crippen molar-refractivity contribution in [3.8, 4) is 0 Å². The summed E-state index contributed by atoms with van der Waals surface area (Å²) in [5.74, 6) is -0.210. The number of nitrogens with one attached hydrogen (secondary N) is 1. The molecule has 0 saturated heterocycles. The topological polar surface area (TPSA) is 15.3 Å². The Balaban J connectivity index is 2.26. The maximum atomic E-state index is 13.5. The third-order valence-corrected chi connectivity index (χ3v) is 4.54. The van der Waals surface area contributed by atoms with Crippen molar-refractivity contribution in [2.24, 2.45) is 0 Å². The molecule has 0 aliphatic heterocycles. The van der Waals surface area contributed by atoms with Crippen molar-refractivity contribution >= 4 is 28.6 Å². The molecule has 5 heteroatoms. The van der Waals surface area contributed by atoms with Crippen molar-refractivity contribution < 1.29 is 4.39 Å². The Labute approximate surface area is 128 Å². The zero-order valence-electron chi connectivity index (χ0n) is 11.8. The number of rotatable bonds is 5. The fourth-order valence-electron chi connectivity index (χ4n) is 2.13. The predicted octanol–water partition coefficient (Wildman–Crippen LogP) is 4.46. The van der Waals surface area contributed by atoms with Gasteiger partial charge in [-0.25, -0.2) is 4.39 Å². The number of nitrogens with zero attached hydrogens (tertiary/aromatic N) is 1. The third kappa shape index (κ3) is 3.51. The van der Waals surface area contributed by atoms with Crippen molar-refractivity contribution in [1.82, 2.24) is 5.32 Å². The van der Waals surface area contributed by atoms with Crippen molar-refractivity contribution in [3.05, 3.63) is 50.9 Å². The van der Waals surface area contributed by atoms with Gasteiger partial charge in [0.2, 0.25) is 0 Å². The summed E-state index contributed by atoms with van der Waals surface area (Å²) in [5.41, 5.74) is 1.98. The summed E-state index contributed by atoms with van der Waals surface area (Å²) in [7, 11) is 3.88. The van der Waals surface area contributed by atoms with Crippen LogP contribution in [0, 0.1) is 5.82 Å². The van der Waals surface area contributed by atoms with Gasteiger partial charge in [-0.2, -0.15) is 0 Å². The zero-order chi connectivity index (χ0) is 14.7. The summed E-state index contributed by atoms with van der Waals surface area (Å²) in [6.45, 7) is 2.78. The highest BCUT2D eigenvalue weighted by molar-refractivity contribution is 7.16. The Morgan fingerprint density at radius 2 is 2.10 bits per heavy atom. The number of anilines is 1. The number of benzene rings is 1. The van der Waals surface area contributed by atoms with Crippen molar-refractivity contribution in [2.45, 2.75) is 19.5 Å². The van der Waals surface area contributed by atoms with Crippen molar-refractivity contribution in [3.63, 3.8) is 0 Å². The molecule has 0 bridgehead atoms. The molecule has 2 aromatic rings. The molecule has 0 saturated carbocycles. The van der Waals surface area contributed by atoms with Gasteiger partial charge in [0.1, 0.15) is 5.82 Å². The van der Waals surface area contributed by atoms with Crippen LogP contribution in [0.2, 0.25) is 4.34 Å². The van der Waals surface area contributed by atoms with Gasteiger partial charge in [0.25, 0.3) is 0 Å². The molecule has 1 N–H and O–H groups in total. The molecule has 1 aromatic carbocycles. The highest BCUT2D eigenvalue weighted by atomic mass is 35.5. The largest absolute Gasteiger partial charge is 0.369 e. The van der Waals surface area contributed by atoms with E-state index in [4.69, 9.17) is 11.6 Å². The van der Waals surface area contributed by atoms with Crippen LogP contribution in [0.4, 0.5) is 10.1 Å². The van der Waals surface area contributed by atoms with Crippen LogP contribution in [-0.2, 0) is 6.54 Å². The zero-order valence-corrected chi connectivity index (χ0v) is 13.4. The summed E-state index contributed by atoms with van der Waals surface area (Å²) >= 11 is 7.52. The molecule has 2 nitrogen and oxygen atoms in total. The smallest absolute Gasteiger partial charge is 0.123 e. The molecule has 0 radical (unpaired) electrons. The van der Waals surface area contributed by atoms with E-state index in [-0.39, 0.29) is 11.9 Å². The minimum Gasteiger partial charge on any atom is -0.369 e. The van der Waals surface area contributed by atoms with Gasteiger partial charge in [-0.3, -0.25) is 0 Å². The molecule has 108 valence electrons. The van der Waals surface area contributed by atoms with Crippen molar-refractivity contribution in [2.75, 3.05) is 19.0 Å². The Kier molecular flexibility index (Phi) is 5.02. The third-order valence-electron chi connectivity index (χ3n) is 3.32. The number of thiophene rings is 1. The fourth-order valence-corrected chi connectivity index (χ4v) is 3.27. The van der Waals surface area contributed by atoms with Crippen molar-refractivity contribution in [1.29, 1.82) is 0 Å². The van der Waals surface area contributed by atoms with E-state index in [0.29, 0.717) is 0 Å². The van der Waals surface area contributed by atoms with E-state index in [9.17, 15) is 4.39 Å². The Bertz CT molecular complexity index is 585. The van der Waals surface area contributed by atoms with E-state index in [1.54, 1.807) is 17.4 Å². The SMILES string of the molecule is CNC(C)c1cc(F)ccc1N(C)Cc1ccc(Cl)s1. The van der Waals surface area contributed by atoms with E-state index in [2.05, 4.69) is 10.2 Å². The summed E-state index contributed by atoms with van der Waals surface area (Å²) in [6, 6.07) is 8.93. The number of hydrogen-bond acceptors (Lipinski definition) is 3. The van der Waals surface area contributed by atoms with Gasteiger partial charge in [0.15, 0.2) is 0 Å². The summed E-state index contributed by atoms with van der Waals surface area (Å²) in [5, 5.41) is 3.16. The molecule has 0 aliphatic carbocycles. The van der Waals surface area contributed by atoms with E-state index < -0.39 is 0 Å². The van der Waals surface area contributed by atoms with Gasteiger partial charge in [0, 0.05) is 23.7 Å². The van der Waals surface area contributed by atoms with Crippen LogP contribution in [0.15, 0.2) is 30.3 Å². The number of hydrogen-bond donors (Lipinski definition) is 1. The van der Waals surface area contributed by atoms with Crippen LogP contribution in [0.1, 0.15) is 23.4 Å². The monoisotopic (exact) mass is 312 g/mol. The number of halogens is 2. The quantitative estimate of drug-likeness (QED) is 0.877. The molecular formula is C15H18ClFN2S. The van der Waals surface area contributed by atoms with Gasteiger partial charge in [-0.05, 0) is 49.9 Å². The molecule has 1 heterocycles. The molecule has 0 amide bonds. The van der Waals surface area contributed by atoms with Crippen LogP contribution in [0.5, 0.6) is 0 Å². The summed E-state index contributed by atoms with van der Waals surface area (Å²) in [4.78, 5) is 3.30. The van der Waals surface area contributed by atoms with Gasteiger partial charge in [-0.15, -0.1) is 11.3 Å². The first kappa shape index (κ1) is 15.3. The van der Waals surface area contributed by atoms with Gasteiger partial charge in [-0.1, -0.05) is 11.6 Å². The van der Waals surface area contributed by atoms with E-state index >= 15 is 0 Å². The predicted molar refractivity (Wildman–Crippen MR) is 85.3 cm³/mol. The average Bonchev–Trinajstić information content (AvgIpc) is 2.82. The summed E-state index contributed by atoms with van der Waals surface area (Å²) in [6.07, 6.45) is 0. The van der Waals surface area contributed by atoms with E-state index in [0.717, 1.165) is 22.1 Å². The van der Waals surface area contributed by atoms with E-state index in [1.807, 2.05) is 39.2 Å². The Hall–Kier alpha value is -1.10. The van der Waals surface area contributed by atoms with E-state index in [1.165, 1.54) is 10.9 Å². The van der Waals surface area contributed by atoms with Crippen LogP contribution in [0.25, 0.3) is 0 Å². The second-order valence-corrected chi connectivity index (χ2v) is 6.58. The first-order valence-electron chi connectivity index (χ1n) is 6.43. The van der Waals surface area contributed by atoms with Crippen LogP contribution < -0.4 is 10.2 Å². The normalized spacial score (nSPS) is 12.4. The average molecular weight is 313 g/mol. The van der Waals surface area contributed by atoms with Gasteiger partial charge >= 0.3 is 0 Å². The van der Waals surface area contributed by atoms with Gasteiger partial charge < -0.3 is 10.2 Å². The first-order valence-corrected chi connectivity index (χ1v) is 7.62. The minimum atomic E-state index is -0.210. The standard InChI is InChI=1S/C15H18ClFN2S/c1-10(18-2)13-8-11(17)4-6-14(13)19(3)9-12-5-7-15(16)20-12/h4-8,10,18H,9H2,1-3H3. The highest BCUT2D eigenvalue weighted by Gasteiger charge is 2.14. The van der Waals surface area contributed by atoms with Gasteiger partial charge in [0.05, 0.1) is 10.9 Å². The maximum Gasteiger partial charge on any atom is 0.123 e. The highest BCUT2D eigenvalue weighted by Crippen LogP contribution is 2.29. The van der Waals surface area contributed by atoms with Crippen LogP contribution >= 0.6 is 22.9 Å². The lowest BCUT2D eigenvalue weighted by Crippen LogP contribution is -2.21. The minimum absolute atomic E-state index is 0.0927. The lowest BCUT2D eigenvalue weighted by atomic mass is 10.1. The fraction of sp³-hybridized carbons (Fsp3) is 0.333. The lowest BCUT2D eigenvalue weighted by molar-refractivity contribution is 0.607. The molecule has 0 aliphatic rings. The Morgan fingerprint density at radius 3 is 2.70 bits per heavy atom. The second kappa shape index (κ2) is 6.57. The molecular weight excluding hydrogens is 295 g/mol. The maximum absolute atomic E-state index is 13.5. The molecule has 0 spiro atoms. The molecule has 1 atom stereocenters. The molecule has 1 aromatic heterocycles. The molecule has 0 fully saturated rings. The Morgan fingerprint density at radius 1 is 1.35 bits per heavy atom. The lowest BCUT2D eigenvalue weighted by Gasteiger charge is -2.24. The molecule has 20 heavy (non-hydrogen) atoms. The summed E-state index contributed by atoms with van der Waals surface area (Å²) < 4.78 is 14.3. The molecule has 2 rings (SSSR count). The van der Waals surface area contributed by atoms with Crippen LogP contribution in [-0.4, -0.2) is 14.1 Å². The molecule has 1 unspecified atom stereocenters. The van der Waals surface area contributed by atoms with Crippen LogP contribution in [0.3, 0.4) is 0 Å².